The molecule has 1 heterocycles. The number of carbonyl (C=O) groups is 2. The van der Waals surface area contributed by atoms with Crippen molar-refractivity contribution in [3.05, 3.63) is 36.0 Å². The maximum Gasteiger partial charge on any atom is 0.338 e. The van der Waals surface area contributed by atoms with Crippen molar-refractivity contribution in [2.45, 2.75) is 39.5 Å². The Balaban J connectivity index is 1.94. The predicted molar refractivity (Wildman–Crippen MR) is 91.1 cm³/mol. The number of ketones is 1. The molecule has 2 aliphatic carbocycles. The second-order valence-corrected chi connectivity index (χ2v) is 7.85. The molecule has 2 saturated carbocycles. The van der Waals surface area contributed by atoms with Crippen molar-refractivity contribution in [3.63, 3.8) is 0 Å². The van der Waals surface area contributed by atoms with E-state index in [0.29, 0.717) is 18.6 Å². The molecule has 0 spiro atoms. The normalized spacial score (nSPS) is 39.8. The zero-order valence-electron chi connectivity index (χ0n) is 14.5. The van der Waals surface area contributed by atoms with Crippen LogP contribution in [-0.2, 0) is 14.3 Å². The van der Waals surface area contributed by atoms with Crippen molar-refractivity contribution in [1.82, 2.24) is 0 Å². The topological polar surface area (TPSA) is 63.6 Å². The number of esters is 1. The molecule has 0 radical (unpaired) electrons. The summed E-state index contributed by atoms with van der Waals surface area (Å²) in [5, 5.41) is 9.93. The molecule has 24 heavy (non-hydrogen) atoms. The summed E-state index contributed by atoms with van der Waals surface area (Å²) in [6.45, 7) is 8.60. The number of cyclic esters (lactones) is 1. The monoisotopic (exact) mass is 330 g/mol. The summed E-state index contributed by atoms with van der Waals surface area (Å²) >= 11 is 0. The number of aliphatic hydroxyl groups is 1. The van der Waals surface area contributed by atoms with Gasteiger partial charge in [-0.1, -0.05) is 38.2 Å². The average molecular weight is 330 g/mol. The third kappa shape index (κ3) is 2.48. The molecule has 0 amide bonds. The van der Waals surface area contributed by atoms with E-state index >= 15 is 0 Å². The van der Waals surface area contributed by atoms with Gasteiger partial charge in [-0.15, -0.1) is 0 Å². The summed E-state index contributed by atoms with van der Waals surface area (Å²) in [6, 6.07) is 0. The second kappa shape index (κ2) is 5.99. The van der Waals surface area contributed by atoms with Crippen molar-refractivity contribution in [3.8, 4) is 0 Å². The number of hydrogen-bond donors (Lipinski definition) is 1. The highest BCUT2D eigenvalue weighted by Gasteiger charge is 2.57. The highest BCUT2D eigenvalue weighted by molar-refractivity contribution is 5.93. The Morgan fingerprint density at radius 1 is 1.38 bits per heavy atom. The number of allylic oxidation sites excluding steroid dienone is 2. The SMILES string of the molecule is C=C1CC[C@@H]2[C@@](C)(CCC(=O)[C@@]2(C)CO)[C@@H]1/C=C/C1=CCOC1=O. The van der Waals surface area contributed by atoms with Gasteiger partial charge in [0.15, 0.2) is 0 Å². The second-order valence-electron chi connectivity index (χ2n) is 7.85. The number of fused-ring (bicyclic) bond motifs is 1. The molecule has 0 unspecified atom stereocenters. The summed E-state index contributed by atoms with van der Waals surface area (Å²) in [5.41, 5.74) is 0.933. The van der Waals surface area contributed by atoms with Crippen LogP contribution in [0.25, 0.3) is 0 Å². The van der Waals surface area contributed by atoms with Crippen molar-refractivity contribution >= 4 is 11.8 Å². The number of Topliss-reactive ketones (excluding diaryl/α,β-unsaturated/α-hetero) is 1. The Hall–Kier alpha value is -1.68. The lowest BCUT2D eigenvalue weighted by Gasteiger charge is -2.56. The lowest BCUT2D eigenvalue weighted by molar-refractivity contribution is -0.150. The third-order valence-electron chi connectivity index (χ3n) is 6.55. The van der Waals surface area contributed by atoms with E-state index in [9.17, 15) is 14.7 Å². The molecule has 0 aromatic heterocycles. The molecule has 3 rings (SSSR count). The standard InChI is InChI=1S/C20H26O4/c1-13-4-7-16-19(2,10-8-17(22)20(16,3)12-21)15(13)6-5-14-9-11-24-18(14)23/h5-6,9,15-16,21H,1,4,7-8,10-12H2,2-3H3/b6-5+/t15-,16-,19+,20+/m1/s1. The van der Waals surface area contributed by atoms with Gasteiger partial charge in [-0.3, -0.25) is 4.79 Å². The van der Waals surface area contributed by atoms with Crippen LogP contribution in [0, 0.1) is 22.7 Å². The van der Waals surface area contributed by atoms with Crippen LogP contribution in [0.1, 0.15) is 39.5 Å². The zero-order valence-corrected chi connectivity index (χ0v) is 14.5. The minimum absolute atomic E-state index is 0.101. The van der Waals surface area contributed by atoms with Crippen LogP contribution < -0.4 is 0 Å². The largest absolute Gasteiger partial charge is 0.458 e. The predicted octanol–water partition coefficient (Wildman–Crippen LogP) is 2.98. The van der Waals surface area contributed by atoms with Crippen molar-refractivity contribution in [2.75, 3.05) is 13.2 Å². The van der Waals surface area contributed by atoms with Crippen molar-refractivity contribution in [2.24, 2.45) is 22.7 Å². The fourth-order valence-electron chi connectivity index (χ4n) is 5.00. The molecule has 4 nitrogen and oxygen atoms in total. The molecule has 2 fully saturated rings. The smallest absolute Gasteiger partial charge is 0.338 e. The summed E-state index contributed by atoms with van der Waals surface area (Å²) in [7, 11) is 0. The maximum absolute atomic E-state index is 12.5. The fourth-order valence-corrected chi connectivity index (χ4v) is 5.00. The first-order chi connectivity index (χ1) is 11.3. The molecule has 4 atom stereocenters. The van der Waals surface area contributed by atoms with Crippen LogP contribution in [0.2, 0.25) is 0 Å². The van der Waals surface area contributed by atoms with Gasteiger partial charge in [0.2, 0.25) is 0 Å². The number of hydrogen-bond acceptors (Lipinski definition) is 4. The maximum atomic E-state index is 12.5. The Bertz CT molecular complexity index is 644. The summed E-state index contributed by atoms with van der Waals surface area (Å²) in [6.07, 6.45) is 8.70. The fraction of sp³-hybridized carbons (Fsp3) is 0.600. The Morgan fingerprint density at radius 3 is 2.75 bits per heavy atom. The molecule has 0 aromatic carbocycles. The number of ether oxygens (including phenoxy) is 1. The molecule has 0 bridgehead atoms. The van der Waals surface area contributed by atoms with Gasteiger partial charge in [-0.25, -0.2) is 4.79 Å². The highest BCUT2D eigenvalue weighted by Crippen LogP contribution is 2.60. The molecule has 130 valence electrons. The first-order valence-corrected chi connectivity index (χ1v) is 8.70. The number of carbonyl (C=O) groups excluding carboxylic acids is 2. The summed E-state index contributed by atoms with van der Waals surface area (Å²) < 4.78 is 4.95. The van der Waals surface area contributed by atoms with E-state index in [-0.39, 0.29) is 35.6 Å². The van der Waals surface area contributed by atoms with Crippen molar-refractivity contribution in [1.29, 1.82) is 0 Å². The van der Waals surface area contributed by atoms with E-state index in [4.69, 9.17) is 4.74 Å². The molecule has 1 aliphatic heterocycles. The molecule has 3 aliphatic rings. The first-order valence-electron chi connectivity index (χ1n) is 8.70. The van der Waals surface area contributed by atoms with Gasteiger partial charge >= 0.3 is 5.97 Å². The lowest BCUT2D eigenvalue weighted by atomic mass is 9.47. The van der Waals surface area contributed by atoms with Crippen LogP contribution in [0.15, 0.2) is 36.0 Å². The number of aliphatic hydroxyl groups excluding tert-OH is 1. The van der Waals surface area contributed by atoms with Crippen LogP contribution >= 0.6 is 0 Å². The molecule has 4 heteroatoms. The van der Waals surface area contributed by atoms with E-state index in [1.807, 2.05) is 13.0 Å². The van der Waals surface area contributed by atoms with E-state index in [2.05, 4.69) is 19.6 Å². The van der Waals surface area contributed by atoms with Crippen LogP contribution in [0.3, 0.4) is 0 Å². The van der Waals surface area contributed by atoms with Gasteiger partial charge in [0.05, 0.1) is 17.6 Å². The van der Waals surface area contributed by atoms with E-state index in [1.54, 1.807) is 6.08 Å². The van der Waals surface area contributed by atoms with Crippen LogP contribution in [0.4, 0.5) is 0 Å². The average Bonchev–Trinajstić information content (AvgIpc) is 2.96. The molecular formula is C20H26O4. The Morgan fingerprint density at radius 2 is 2.12 bits per heavy atom. The third-order valence-corrected chi connectivity index (χ3v) is 6.55. The number of rotatable bonds is 3. The van der Waals surface area contributed by atoms with Crippen molar-refractivity contribution < 1.29 is 19.4 Å². The molecule has 1 N–H and O–H groups in total. The van der Waals surface area contributed by atoms with E-state index < -0.39 is 5.41 Å². The van der Waals surface area contributed by atoms with Gasteiger partial charge < -0.3 is 9.84 Å². The zero-order chi connectivity index (χ0) is 17.5. The molecule has 0 saturated heterocycles. The van der Waals surface area contributed by atoms with Crippen LogP contribution in [0.5, 0.6) is 0 Å². The van der Waals surface area contributed by atoms with Crippen LogP contribution in [-0.4, -0.2) is 30.1 Å². The van der Waals surface area contributed by atoms with E-state index in [0.717, 1.165) is 24.8 Å². The van der Waals surface area contributed by atoms with Gasteiger partial charge in [-0.05, 0) is 36.7 Å². The minimum Gasteiger partial charge on any atom is -0.458 e. The summed E-state index contributed by atoms with van der Waals surface area (Å²) in [4.78, 5) is 24.1. The van der Waals surface area contributed by atoms with Gasteiger partial charge in [0.1, 0.15) is 12.4 Å². The van der Waals surface area contributed by atoms with E-state index in [1.165, 1.54) is 0 Å². The van der Waals surface area contributed by atoms with Gasteiger partial charge in [0.25, 0.3) is 0 Å². The summed E-state index contributed by atoms with van der Waals surface area (Å²) in [5.74, 6) is 0.114. The van der Waals surface area contributed by atoms with Gasteiger partial charge in [-0.2, -0.15) is 0 Å². The Kier molecular flexibility index (Phi) is 4.28. The Labute approximate surface area is 143 Å². The van der Waals surface area contributed by atoms with Gasteiger partial charge in [0, 0.05) is 12.3 Å². The highest BCUT2D eigenvalue weighted by atomic mass is 16.5. The lowest BCUT2D eigenvalue weighted by Crippen LogP contribution is -2.55. The molecule has 0 aromatic rings. The first kappa shape index (κ1) is 17.2. The quantitative estimate of drug-likeness (QED) is 0.638. The minimum atomic E-state index is -0.675. The molecular weight excluding hydrogens is 304 g/mol.